The number of alkyl halides is 1. The number of aromatic nitrogens is 2. The van der Waals surface area contributed by atoms with Gasteiger partial charge < -0.3 is 5.32 Å². The lowest BCUT2D eigenvalue weighted by Gasteiger charge is -2.34. The minimum absolute atomic E-state index is 0.0269. The van der Waals surface area contributed by atoms with Crippen molar-refractivity contribution < 1.29 is 8.78 Å². The summed E-state index contributed by atoms with van der Waals surface area (Å²) in [4.78, 5) is 2.10. The largest absolute Gasteiger partial charge is 0.364 e. The Kier molecular flexibility index (Phi) is 5.04. The Balaban J connectivity index is 1.74. The van der Waals surface area contributed by atoms with E-state index in [9.17, 15) is 8.78 Å². The summed E-state index contributed by atoms with van der Waals surface area (Å²) in [5, 5.41) is 11.8. The van der Waals surface area contributed by atoms with Crippen LogP contribution in [0.25, 0.3) is 11.3 Å². The molecule has 1 N–H and O–H groups in total. The maximum Gasteiger partial charge on any atom is 0.149 e. The van der Waals surface area contributed by atoms with Gasteiger partial charge in [0.25, 0.3) is 0 Å². The van der Waals surface area contributed by atoms with Gasteiger partial charge in [-0.3, -0.25) is 4.90 Å². The van der Waals surface area contributed by atoms with Gasteiger partial charge in [-0.15, -0.1) is 10.2 Å². The van der Waals surface area contributed by atoms with Gasteiger partial charge in [0.1, 0.15) is 17.8 Å². The Morgan fingerprint density at radius 3 is 2.62 bits per heavy atom. The lowest BCUT2D eigenvalue weighted by atomic mass is 10.0. The normalized spacial score (nSPS) is 21.7. The fourth-order valence-electron chi connectivity index (χ4n) is 3.14. The second kappa shape index (κ2) is 7.21. The van der Waals surface area contributed by atoms with E-state index in [-0.39, 0.29) is 11.9 Å². The summed E-state index contributed by atoms with van der Waals surface area (Å²) >= 11 is 0. The first kappa shape index (κ1) is 16.8. The Morgan fingerprint density at radius 2 is 1.96 bits per heavy atom. The third-order valence-corrected chi connectivity index (χ3v) is 4.38. The zero-order valence-electron chi connectivity index (χ0n) is 14.0. The number of piperidine rings is 1. The van der Waals surface area contributed by atoms with Gasteiger partial charge in [-0.1, -0.05) is 6.92 Å². The fraction of sp³-hybridized carbons (Fsp3) is 0.444. The summed E-state index contributed by atoms with van der Waals surface area (Å²) < 4.78 is 26.9. The zero-order valence-corrected chi connectivity index (χ0v) is 14.0. The van der Waals surface area contributed by atoms with Gasteiger partial charge in [-0.2, -0.15) is 0 Å². The quantitative estimate of drug-likeness (QED) is 0.931. The molecule has 1 aliphatic heterocycles. The molecule has 24 heavy (non-hydrogen) atoms. The number of hydrogen-bond acceptors (Lipinski definition) is 4. The van der Waals surface area contributed by atoms with E-state index >= 15 is 0 Å². The highest BCUT2D eigenvalue weighted by molar-refractivity contribution is 5.63. The molecule has 0 amide bonds. The highest BCUT2D eigenvalue weighted by Crippen LogP contribution is 2.23. The van der Waals surface area contributed by atoms with Crippen LogP contribution < -0.4 is 5.32 Å². The molecule has 2 atom stereocenters. The maximum atomic E-state index is 13.8. The molecular formula is C18H22F2N4. The molecule has 2 heterocycles. The number of nitrogens with one attached hydrogen (secondary N) is 1. The first-order valence-corrected chi connectivity index (χ1v) is 8.28. The number of nitrogens with zero attached hydrogens (tertiary/aromatic N) is 3. The number of likely N-dealkylation sites (tertiary alicyclic amines) is 1. The molecule has 0 radical (unpaired) electrons. The predicted octanol–water partition coefficient (Wildman–Crippen LogP) is 3.44. The highest BCUT2D eigenvalue weighted by atomic mass is 19.1. The average Bonchev–Trinajstić information content (AvgIpc) is 2.55. The van der Waals surface area contributed by atoms with Crippen LogP contribution in [-0.2, 0) is 0 Å². The SMILES string of the molecule is CCN1C[C@H](F)C[C@@H](Nc2cc(C)c(-c3ccc(F)cc3)nn2)C1. The molecule has 0 unspecified atom stereocenters. The number of anilines is 1. The molecule has 4 nitrogen and oxygen atoms in total. The first-order valence-electron chi connectivity index (χ1n) is 8.28. The molecule has 128 valence electrons. The number of halogens is 2. The van der Waals surface area contributed by atoms with E-state index in [4.69, 9.17) is 0 Å². The highest BCUT2D eigenvalue weighted by Gasteiger charge is 2.26. The predicted molar refractivity (Wildman–Crippen MR) is 91.2 cm³/mol. The number of hydrogen-bond donors (Lipinski definition) is 1. The summed E-state index contributed by atoms with van der Waals surface area (Å²) in [6.07, 6.45) is -0.333. The van der Waals surface area contributed by atoms with Crippen LogP contribution in [0.3, 0.4) is 0 Å². The van der Waals surface area contributed by atoms with Gasteiger partial charge in [0.05, 0.1) is 5.69 Å². The summed E-state index contributed by atoms with van der Waals surface area (Å²) in [5.41, 5.74) is 2.49. The smallest absolute Gasteiger partial charge is 0.149 e. The third kappa shape index (κ3) is 3.87. The molecule has 1 saturated heterocycles. The molecule has 1 fully saturated rings. The Bertz CT molecular complexity index is 690. The molecule has 1 aromatic heterocycles. The van der Waals surface area contributed by atoms with E-state index in [2.05, 4.69) is 20.4 Å². The maximum absolute atomic E-state index is 13.8. The van der Waals surface area contributed by atoms with Crippen molar-refractivity contribution in [3.05, 3.63) is 41.7 Å². The van der Waals surface area contributed by atoms with Crippen LogP contribution in [0.4, 0.5) is 14.6 Å². The van der Waals surface area contributed by atoms with E-state index in [0.29, 0.717) is 18.8 Å². The Hall–Kier alpha value is -2.08. The number of benzene rings is 1. The summed E-state index contributed by atoms with van der Waals surface area (Å²) in [6, 6.07) is 8.13. The van der Waals surface area contributed by atoms with E-state index in [1.807, 2.05) is 19.9 Å². The van der Waals surface area contributed by atoms with E-state index in [1.54, 1.807) is 12.1 Å². The Morgan fingerprint density at radius 1 is 1.21 bits per heavy atom. The number of rotatable bonds is 4. The molecule has 0 aliphatic carbocycles. The van der Waals surface area contributed by atoms with Crippen LogP contribution in [0.1, 0.15) is 18.9 Å². The molecule has 0 spiro atoms. The van der Waals surface area contributed by atoms with Crippen molar-refractivity contribution in [1.29, 1.82) is 0 Å². The number of aryl methyl sites for hydroxylation is 1. The number of likely N-dealkylation sites (N-methyl/N-ethyl adjacent to an activating group) is 1. The van der Waals surface area contributed by atoms with Gasteiger partial charge in [-0.25, -0.2) is 8.78 Å². The van der Waals surface area contributed by atoms with Crippen molar-refractivity contribution in [2.24, 2.45) is 0 Å². The van der Waals surface area contributed by atoms with Crippen LogP contribution in [0.2, 0.25) is 0 Å². The Labute approximate surface area is 140 Å². The lowest BCUT2D eigenvalue weighted by Crippen LogP contribution is -2.47. The lowest BCUT2D eigenvalue weighted by molar-refractivity contribution is 0.134. The van der Waals surface area contributed by atoms with Crippen LogP contribution in [0.5, 0.6) is 0 Å². The summed E-state index contributed by atoms with van der Waals surface area (Å²) in [7, 11) is 0. The zero-order chi connectivity index (χ0) is 17.1. The molecule has 3 rings (SSSR count). The molecule has 2 aromatic rings. The van der Waals surface area contributed by atoms with Crippen molar-refractivity contribution in [2.45, 2.75) is 32.5 Å². The van der Waals surface area contributed by atoms with E-state index in [0.717, 1.165) is 29.9 Å². The van der Waals surface area contributed by atoms with E-state index in [1.165, 1.54) is 12.1 Å². The second-order valence-electron chi connectivity index (χ2n) is 6.29. The molecular weight excluding hydrogens is 310 g/mol. The van der Waals surface area contributed by atoms with Gasteiger partial charge >= 0.3 is 0 Å². The fourth-order valence-corrected chi connectivity index (χ4v) is 3.14. The molecule has 1 aliphatic rings. The van der Waals surface area contributed by atoms with Gasteiger partial charge in [0, 0.05) is 31.1 Å². The molecule has 0 saturated carbocycles. The van der Waals surface area contributed by atoms with Crippen molar-refractivity contribution in [3.63, 3.8) is 0 Å². The molecule has 6 heteroatoms. The van der Waals surface area contributed by atoms with Gasteiger partial charge in [0.15, 0.2) is 0 Å². The summed E-state index contributed by atoms with van der Waals surface area (Å²) in [5.74, 6) is 0.370. The topological polar surface area (TPSA) is 41.0 Å². The molecule has 1 aromatic carbocycles. The van der Waals surface area contributed by atoms with Crippen LogP contribution >= 0.6 is 0 Å². The standard InChI is InChI=1S/C18H22F2N4/c1-3-24-10-15(20)9-16(11-24)21-17-8-12(2)18(23-22-17)13-4-6-14(19)7-5-13/h4-8,15-16H,3,9-11H2,1-2H3,(H,21,22)/t15-,16-/m1/s1. The van der Waals surface area contributed by atoms with Gasteiger partial charge in [-0.05, 0) is 49.4 Å². The van der Waals surface area contributed by atoms with E-state index < -0.39 is 6.17 Å². The monoisotopic (exact) mass is 332 g/mol. The van der Waals surface area contributed by atoms with Crippen LogP contribution in [0.15, 0.2) is 30.3 Å². The third-order valence-electron chi connectivity index (χ3n) is 4.38. The first-order chi connectivity index (χ1) is 11.5. The second-order valence-corrected chi connectivity index (χ2v) is 6.29. The van der Waals surface area contributed by atoms with Crippen LogP contribution in [-0.4, -0.2) is 46.9 Å². The van der Waals surface area contributed by atoms with Crippen molar-refractivity contribution in [1.82, 2.24) is 15.1 Å². The van der Waals surface area contributed by atoms with Gasteiger partial charge in [0.2, 0.25) is 0 Å². The summed E-state index contributed by atoms with van der Waals surface area (Å²) in [6.45, 7) is 6.12. The average molecular weight is 332 g/mol. The minimum atomic E-state index is -0.816. The molecule has 0 bridgehead atoms. The van der Waals surface area contributed by atoms with Crippen LogP contribution in [0, 0.1) is 12.7 Å². The van der Waals surface area contributed by atoms with Crippen molar-refractivity contribution in [3.8, 4) is 11.3 Å². The van der Waals surface area contributed by atoms with Crippen molar-refractivity contribution >= 4 is 5.82 Å². The minimum Gasteiger partial charge on any atom is -0.364 e. The van der Waals surface area contributed by atoms with Crippen molar-refractivity contribution in [2.75, 3.05) is 25.0 Å².